The highest BCUT2D eigenvalue weighted by molar-refractivity contribution is 7.92. The topological polar surface area (TPSA) is 66.4 Å². The molecule has 0 saturated heterocycles. The standard InChI is InChI=1S/C13H10Cl2FNO3S/c1-7-4-8(14)5-11(13(7)18)17-21(19,20)12-6-9(16)2-3-10(12)15/h2-6,17-18H,1H3. The van der Waals surface area contributed by atoms with Crippen LogP contribution in [0.25, 0.3) is 0 Å². The zero-order valence-electron chi connectivity index (χ0n) is 10.7. The summed E-state index contributed by atoms with van der Waals surface area (Å²) >= 11 is 11.6. The average molecular weight is 350 g/mol. The molecule has 2 rings (SSSR count). The number of aryl methyl sites for hydroxylation is 1. The summed E-state index contributed by atoms with van der Waals surface area (Å²) in [6, 6.07) is 5.69. The van der Waals surface area contributed by atoms with Gasteiger partial charge in [-0.15, -0.1) is 0 Å². The van der Waals surface area contributed by atoms with Crippen LogP contribution in [-0.2, 0) is 10.0 Å². The molecule has 0 aliphatic rings. The van der Waals surface area contributed by atoms with Gasteiger partial charge in [0.2, 0.25) is 0 Å². The maximum absolute atomic E-state index is 13.2. The van der Waals surface area contributed by atoms with Crippen molar-refractivity contribution in [1.82, 2.24) is 0 Å². The molecule has 0 radical (unpaired) electrons. The van der Waals surface area contributed by atoms with Crippen molar-refractivity contribution in [2.45, 2.75) is 11.8 Å². The van der Waals surface area contributed by atoms with Gasteiger partial charge in [-0.3, -0.25) is 4.72 Å². The molecule has 0 spiro atoms. The van der Waals surface area contributed by atoms with Gasteiger partial charge in [-0.1, -0.05) is 23.2 Å². The Kier molecular flexibility index (Phi) is 4.32. The molecule has 0 aliphatic carbocycles. The number of benzene rings is 2. The largest absolute Gasteiger partial charge is 0.505 e. The lowest BCUT2D eigenvalue weighted by molar-refractivity contribution is 0.473. The van der Waals surface area contributed by atoms with Crippen LogP contribution in [0.5, 0.6) is 5.75 Å². The van der Waals surface area contributed by atoms with Gasteiger partial charge in [0, 0.05) is 5.02 Å². The van der Waals surface area contributed by atoms with Crippen molar-refractivity contribution in [2.24, 2.45) is 0 Å². The summed E-state index contributed by atoms with van der Waals surface area (Å²) in [6.45, 7) is 1.56. The number of phenolic OH excluding ortho intramolecular Hbond substituents is 1. The van der Waals surface area contributed by atoms with E-state index in [1.54, 1.807) is 6.92 Å². The third kappa shape index (κ3) is 3.40. The smallest absolute Gasteiger partial charge is 0.263 e. The third-order valence-corrected chi connectivity index (χ3v) is 4.76. The van der Waals surface area contributed by atoms with E-state index < -0.39 is 20.7 Å². The molecule has 0 fully saturated rings. The highest BCUT2D eigenvalue weighted by atomic mass is 35.5. The monoisotopic (exact) mass is 349 g/mol. The quantitative estimate of drug-likeness (QED) is 0.824. The van der Waals surface area contributed by atoms with Crippen LogP contribution in [0.4, 0.5) is 10.1 Å². The van der Waals surface area contributed by atoms with Crippen LogP contribution in [0.1, 0.15) is 5.56 Å². The molecule has 0 amide bonds. The lowest BCUT2D eigenvalue weighted by Gasteiger charge is -2.12. The van der Waals surface area contributed by atoms with E-state index in [1.165, 1.54) is 12.1 Å². The number of sulfonamides is 1. The Morgan fingerprint density at radius 2 is 1.86 bits per heavy atom. The number of hydrogen-bond acceptors (Lipinski definition) is 3. The summed E-state index contributed by atoms with van der Waals surface area (Å²) in [4.78, 5) is -0.429. The Bertz CT molecular complexity index is 809. The molecule has 0 bridgehead atoms. The number of hydrogen-bond donors (Lipinski definition) is 2. The minimum atomic E-state index is -4.16. The maximum Gasteiger partial charge on any atom is 0.263 e. The molecular weight excluding hydrogens is 340 g/mol. The molecule has 112 valence electrons. The first-order chi connectivity index (χ1) is 9.70. The van der Waals surface area contributed by atoms with E-state index >= 15 is 0 Å². The van der Waals surface area contributed by atoms with E-state index in [4.69, 9.17) is 23.2 Å². The Hall–Kier alpha value is -1.50. The SMILES string of the molecule is Cc1cc(Cl)cc(NS(=O)(=O)c2cc(F)ccc2Cl)c1O. The Labute approximate surface area is 131 Å². The highest BCUT2D eigenvalue weighted by Gasteiger charge is 2.21. The molecule has 0 atom stereocenters. The normalized spacial score (nSPS) is 11.4. The van der Waals surface area contributed by atoms with Gasteiger partial charge in [-0.25, -0.2) is 12.8 Å². The van der Waals surface area contributed by atoms with Crippen molar-refractivity contribution in [1.29, 1.82) is 0 Å². The Balaban J connectivity index is 2.50. The summed E-state index contributed by atoms with van der Waals surface area (Å²) in [7, 11) is -4.16. The van der Waals surface area contributed by atoms with E-state index in [0.717, 1.165) is 18.2 Å². The summed E-state index contributed by atoms with van der Waals surface area (Å²) in [5.41, 5.74) is 0.283. The van der Waals surface area contributed by atoms with E-state index in [-0.39, 0.29) is 21.5 Å². The van der Waals surface area contributed by atoms with Gasteiger partial charge >= 0.3 is 0 Å². The molecular formula is C13H10Cl2FNO3S. The molecule has 0 saturated carbocycles. The number of phenols is 1. The number of rotatable bonds is 3. The first kappa shape index (κ1) is 15.9. The average Bonchev–Trinajstić information content (AvgIpc) is 2.37. The molecule has 0 unspecified atom stereocenters. The Morgan fingerprint density at radius 1 is 1.19 bits per heavy atom. The van der Waals surface area contributed by atoms with Gasteiger partial charge < -0.3 is 5.11 Å². The summed E-state index contributed by atoms with van der Waals surface area (Å²) < 4.78 is 39.8. The van der Waals surface area contributed by atoms with Crippen LogP contribution >= 0.6 is 23.2 Å². The van der Waals surface area contributed by atoms with Crippen molar-refractivity contribution < 1.29 is 17.9 Å². The second-order valence-electron chi connectivity index (χ2n) is 4.30. The van der Waals surface area contributed by atoms with Gasteiger partial charge in [0.05, 0.1) is 10.7 Å². The molecule has 8 heteroatoms. The van der Waals surface area contributed by atoms with Crippen LogP contribution < -0.4 is 4.72 Å². The molecule has 4 nitrogen and oxygen atoms in total. The van der Waals surface area contributed by atoms with Gasteiger partial charge in [0.25, 0.3) is 10.0 Å². The number of nitrogens with one attached hydrogen (secondary N) is 1. The first-order valence-corrected chi connectivity index (χ1v) is 7.91. The summed E-state index contributed by atoms with van der Waals surface area (Å²) in [5, 5.41) is 9.97. The second kappa shape index (κ2) is 5.71. The molecule has 2 N–H and O–H groups in total. The summed E-state index contributed by atoms with van der Waals surface area (Å²) in [5.74, 6) is -1.01. The van der Waals surface area contributed by atoms with Crippen molar-refractivity contribution >= 4 is 38.9 Å². The van der Waals surface area contributed by atoms with Gasteiger partial charge in [-0.05, 0) is 42.8 Å². The lowest BCUT2D eigenvalue weighted by Crippen LogP contribution is -2.14. The van der Waals surface area contributed by atoms with E-state index in [0.29, 0.717) is 5.56 Å². The fraction of sp³-hybridized carbons (Fsp3) is 0.0769. The van der Waals surface area contributed by atoms with Crippen LogP contribution in [0.2, 0.25) is 10.0 Å². The van der Waals surface area contributed by atoms with Crippen LogP contribution in [0.3, 0.4) is 0 Å². The number of anilines is 1. The minimum Gasteiger partial charge on any atom is -0.505 e. The van der Waals surface area contributed by atoms with Crippen molar-refractivity contribution in [2.75, 3.05) is 4.72 Å². The summed E-state index contributed by atoms with van der Waals surface area (Å²) in [6.07, 6.45) is 0. The predicted octanol–water partition coefficient (Wildman–Crippen LogP) is 3.95. The number of halogens is 3. The van der Waals surface area contributed by atoms with E-state index in [1.807, 2.05) is 0 Å². The zero-order valence-corrected chi connectivity index (χ0v) is 13.0. The van der Waals surface area contributed by atoms with Gasteiger partial charge in [0.15, 0.2) is 0 Å². The maximum atomic E-state index is 13.2. The molecule has 2 aromatic rings. The highest BCUT2D eigenvalue weighted by Crippen LogP contribution is 2.33. The van der Waals surface area contributed by atoms with Crippen LogP contribution in [-0.4, -0.2) is 13.5 Å². The predicted molar refractivity (Wildman–Crippen MR) is 80.1 cm³/mol. The van der Waals surface area contributed by atoms with Gasteiger partial charge in [0.1, 0.15) is 16.5 Å². The van der Waals surface area contributed by atoms with E-state index in [9.17, 15) is 17.9 Å². The molecule has 0 heterocycles. The first-order valence-electron chi connectivity index (χ1n) is 5.67. The lowest BCUT2D eigenvalue weighted by atomic mass is 10.2. The van der Waals surface area contributed by atoms with Crippen molar-refractivity contribution in [3.8, 4) is 5.75 Å². The van der Waals surface area contributed by atoms with Crippen molar-refractivity contribution in [3.05, 3.63) is 51.8 Å². The number of aromatic hydroxyl groups is 1. The minimum absolute atomic E-state index is 0.111. The van der Waals surface area contributed by atoms with E-state index in [2.05, 4.69) is 4.72 Å². The van der Waals surface area contributed by atoms with Gasteiger partial charge in [-0.2, -0.15) is 0 Å². The second-order valence-corrected chi connectivity index (χ2v) is 6.79. The fourth-order valence-corrected chi connectivity index (χ4v) is 3.54. The molecule has 2 aromatic carbocycles. The fourth-order valence-electron chi connectivity index (χ4n) is 1.70. The van der Waals surface area contributed by atoms with Crippen LogP contribution in [0.15, 0.2) is 35.2 Å². The molecule has 21 heavy (non-hydrogen) atoms. The Morgan fingerprint density at radius 3 is 2.52 bits per heavy atom. The molecule has 0 aliphatic heterocycles. The molecule has 0 aromatic heterocycles. The zero-order chi connectivity index (χ0) is 15.8. The third-order valence-electron chi connectivity index (χ3n) is 2.69. The van der Waals surface area contributed by atoms with Crippen LogP contribution in [0, 0.1) is 12.7 Å². The van der Waals surface area contributed by atoms with Crippen molar-refractivity contribution in [3.63, 3.8) is 0 Å².